The molecule has 1 fully saturated rings. The molecular weight excluding hydrogens is 296 g/mol. The fraction of sp³-hybridized carbons (Fsp3) is 0.286. The third-order valence-corrected chi connectivity index (χ3v) is 3.51. The second kappa shape index (κ2) is 5.27. The second-order valence-corrected chi connectivity index (χ2v) is 5.42. The molecule has 0 radical (unpaired) electrons. The minimum absolute atomic E-state index is 0.0638. The zero-order valence-electron chi connectivity index (χ0n) is 12.4. The fourth-order valence-electron chi connectivity index (χ4n) is 2.16. The Kier molecular flexibility index (Phi) is 3.11. The normalized spacial score (nSPS) is 14.0. The first-order chi connectivity index (χ1) is 11.2. The molecule has 0 bridgehead atoms. The van der Waals surface area contributed by atoms with Gasteiger partial charge >= 0.3 is 0 Å². The van der Waals surface area contributed by atoms with Gasteiger partial charge < -0.3 is 10.4 Å². The molecular formula is C14H14N8O. The maximum absolute atomic E-state index is 10.2. The smallest absolute Gasteiger partial charge is 0.242 e. The van der Waals surface area contributed by atoms with E-state index in [4.69, 9.17) is 0 Å². The van der Waals surface area contributed by atoms with Crippen molar-refractivity contribution < 1.29 is 5.11 Å². The molecule has 1 aliphatic rings. The van der Waals surface area contributed by atoms with Crippen molar-refractivity contribution in [3.8, 4) is 28.4 Å². The number of nitrogens with one attached hydrogen (secondary N) is 1. The number of rotatable bonds is 4. The maximum Gasteiger partial charge on any atom is 0.242 e. The Morgan fingerprint density at radius 2 is 2.09 bits per heavy atom. The zero-order valence-corrected chi connectivity index (χ0v) is 12.4. The Hall–Kier alpha value is -3.10. The van der Waals surface area contributed by atoms with E-state index in [-0.39, 0.29) is 5.75 Å². The first-order valence-corrected chi connectivity index (χ1v) is 7.23. The van der Waals surface area contributed by atoms with Gasteiger partial charge in [-0.15, -0.1) is 20.4 Å². The van der Waals surface area contributed by atoms with Crippen molar-refractivity contribution >= 4 is 5.95 Å². The van der Waals surface area contributed by atoms with Crippen LogP contribution < -0.4 is 5.32 Å². The van der Waals surface area contributed by atoms with E-state index < -0.39 is 0 Å². The van der Waals surface area contributed by atoms with Crippen LogP contribution in [-0.4, -0.2) is 46.5 Å². The lowest BCUT2D eigenvalue weighted by molar-refractivity contribution is 0.477. The van der Waals surface area contributed by atoms with Crippen LogP contribution in [0.2, 0.25) is 0 Å². The van der Waals surface area contributed by atoms with Crippen LogP contribution in [0.25, 0.3) is 22.6 Å². The summed E-state index contributed by atoms with van der Waals surface area (Å²) in [5, 5.41) is 33.4. The van der Waals surface area contributed by atoms with Gasteiger partial charge in [0, 0.05) is 17.2 Å². The molecule has 2 aromatic heterocycles. The summed E-state index contributed by atoms with van der Waals surface area (Å²) in [6, 6.07) is 5.57. The molecule has 3 aromatic rings. The summed E-state index contributed by atoms with van der Waals surface area (Å²) < 4.78 is 0. The van der Waals surface area contributed by atoms with E-state index in [0.717, 1.165) is 12.8 Å². The largest absolute Gasteiger partial charge is 0.507 e. The van der Waals surface area contributed by atoms with Crippen LogP contribution in [0.1, 0.15) is 12.8 Å². The SMILES string of the molecule is Cn1nnc(-c2ccc(-c3cnc(NC4CC4)nn3)c(O)c2)n1. The molecule has 23 heavy (non-hydrogen) atoms. The minimum atomic E-state index is 0.0638. The van der Waals surface area contributed by atoms with Crippen molar-refractivity contribution in [3.05, 3.63) is 24.4 Å². The topological polar surface area (TPSA) is 115 Å². The first kappa shape index (κ1) is 13.6. The summed E-state index contributed by atoms with van der Waals surface area (Å²) in [6.07, 6.45) is 3.88. The monoisotopic (exact) mass is 310 g/mol. The maximum atomic E-state index is 10.2. The van der Waals surface area contributed by atoms with Gasteiger partial charge in [-0.25, -0.2) is 4.98 Å². The molecule has 1 saturated carbocycles. The van der Waals surface area contributed by atoms with E-state index in [1.165, 1.54) is 4.80 Å². The molecule has 1 aliphatic carbocycles. The van der Waals surface area contributed by atoms with Gasteiger partial charge in [-0.05, 0) is 30.2 Å². The summed E-state index contributed by atoms with van der Waals surface area (Å²) in [5.41, 5.74) is 1.73. The Labute approximate surface area is 131 Å². The highest BCUT2D eigenvalue weighted by Gasteiger charge is 2.22. The van der Waals surface area contributed by atoms with E-state index in [2.05, 4.69) is 35.9 Å². The number of phenolic OH excluding ortho intramolecular Hbond substituents is 1. The van der Waals surface area contributed by atoms with Crippen molar-refractivity contribution in [2.24, 2.45) is 7.05 Å². The summed E-state index contributed by atoms with van der Waals surface area (Å²) >= 11 is 0. The van der Waals surface area contributed by atoms with E-state index >= 15 is 0 Å². The van der Waals surface area contributed by atoms with Gasteiger partial charge in [-0.3, -0.25) is 0 Å². The standard InChI is InChI=1S/C14H14N8O/c1-22-20-13(18-21-22)8-2-5-10(12(23)6-8)11-7-15-14(19-17-11)16-9-3-4-9/h2,5-7,9,23H,3-4H2,1H3,(H,15,16,19). The average molecular weight is 310 g/mol. The minimum Gasteiger partial charge on any atom is -0.507 e. The van der Waals surface area contributed by atoms with Gasteiger partial charge in [0.25, 0.3) is 0 Å². The molecule has 2 heterocycles. The lowest BCUT2D eigenvalue weighted by atomic mass is 10.1. The number of tetrazole rings is 1. The van der Waals surface area contributed by atoms with Gasteiger partial charge in [0.15, 0.2) is 0 Å². The molecule has 9 heteroatoms. The second-order valence-electron chi connectivity index (χ2n) is 5.42. The highest BCUT2D eigenvalue weighted by Crippen LogP contribution is 2.31. The van der Waals surface area contributed by atoms with E-state index in [1.54, 1.807) is 31.4 Å². The molecule has 1 aromatic carbocycles. The lowest BCUT2D eigenvalue weighted by Gasteiger charge is -2.06. The van der Waals surface area contributed by atoms with Crippen LogP contribution in [-0.2, 0) is 7.05 Å². The Morgan fingerprint density at radius 3 is 2.70 bits per heavy atom. The predicted octanol–water partition coefficient (Wildman–Crippen LogP) is 1.01. The molecule has 0 unspecified atom stereocenters. The molecule has 0 amide bonds. The van der Waals surface area contributed by atoms with Crippen molar-refractivity contribution in [2.75, 3.05) is 5.32 Å². The molecule has 2 N–H and O–H groups in total. The van der Waals surface area contributed by atoms with Gasteiger partial charge in [0.2, 0.25) is 11.8 Å². The number of aromatic nitrogens is 7. The van der Waals surface area contributed by atoms with Crippen LogP contribution in [0.4, 0.5) is 5.95 Å². The van der Waals surface area contributed by atoms with Crippen molar-refractivity contribution in [2.45, 2.75) is 18.9 Å². The van der Waals surface area contributed by atoms with Crippen molar-refractivity contribution in [1.29, 1.82) is 0 Å². The Morgan fingerprint density at radius 1 is 1.22 bits per heavy atom. The van der Waals surface area contributed by atoms with E-state index in [0.29, 0.717) is 34.6 Å². The van der Waals surface area contributed by atoms with E-state index in [9.17, 15) is 5.11 Å². The number of aromatic hydroxyl groups is 1. The molecule has 0 saturated heterocycles. The van der Waals surface area contributed by atoms with Crippen molar-refractivity contribution in [3.63, 3.8) is 0 Å². The highest BCUT2D eigenvalue weighted by atomic mass is 16.3. The summed E-state index contributed by atoms with van der Waals surface area (Å²) in [7, 11) is 1.68. The number of anilines is 1. The highest BCUT2D eigenvalue weighted by molar-refractivity contribution is 5.71. The third kappa shape index (κ3) is 2.80. The molecule has 0 aliphatic heterocycles. The summed E-state index contributed by atoms with van der Waals surface area (Å²) in [5.74, 6) is 1.02. The predicted molar refractivity (Wildman–Crippen MR) is 81.4 cm³/mol. The number of phenols is 1. The molecule has 116 valence electrons. The number of benzene rings is 1. The summed E-state index contributed by atoms with van der Waals surface area (Å²) in [4.78, 5) is 5.59. The molecule has 9 nitrogen and oxygen atoms in total. The number of hydrogen-bond donors (Lipinski definition) is 2. The van der Waals surface area contributed by atoms with Gasteiger partial charge in [-0.1, -0.05) is 6.07 Å². The average Bonchev–Trinajstić information content (AvgIpc) is 3.26. The van der Waals surface area contributed by atoms with Crippen LogP contribution in [0, 0.1) is 0 Å². The number of nitrogens with zero attached hydrogens (tertiary/aromatic N) is 7. The summed E-state index contributed by atoms with van der Waals surface area (Å²) in [6.45, 7) is 0. The van der Waals surface area contributed by atoms with Gasteiger partial charge in [-0.2, -0.15) is 4.80 Å². The first-order valence-electron chi connectivity index (χ1n) is 7.23. The molecule has 0 spiro atoms. The number of aryl methyl sites for hydroxylation is 1. The molecule has 0 atom stereocenters. The van der Waals surface area contributed by atoms with Crippen LogP contribution >= 0.6 is 0 Å². The quantitative estimate of drug-likeness (QED) is 0.733. The lowest BCUT2D eigenvalue weighted by Crippen LogP contribution is -2.06. The Balaban J connectivity index is 1.60. The zero-order chi connectivity index (χ0) is 15.8. The van der Waals surface area contributed by atoms with Crippen LogP contribution in [0.5, 0.6) is 5.75 Å². The van der Waals surface area contributed by atoms with E-state index in [1.807, 2.05) is 0 Å². The van der Waals surface area contributed by atoms with Gasteiger partial charge in [0.05, 0.1) is 13.2 Å². The van der Waals surface area contributed by atoms with Crippen molar-refractivity contribution in [1.82, 2.24) is 35.4 Å². The van der Waals surface area contributed by atoms with Crippen LogP contribution in [0.3, 0.4) is 0 Å². The molecule has 4 rings (SSSR count). The third-order valence-electron chi connectivity index (χ3n) is 3.51. The van der Waals surface area contributed by atoms with Crippen LogP contribution in [0.15, 0.2) is 24.4 Å². The van der Waals surface area contributed by atoms with Gasteiger partial charge in [0.1, 0.15) is 11.4 Å². The fourth-order valence-corrected chi connectivity index (χ4v) is 2.16. The Bertz CT molecular complexity index is 840. The number of hydrogen-bond acceptors (Lipinski definition) is 8.